The molecule has 0 fully saturated rings. The second kappa shape index (κ2) is 9.30. The van der Waals surface area contributed by atoms with E-state index < -0.39 is 24.5 Å². The van der Waals surface area contributed by atoms with Crippen molar-refractivity contribution in [2.75, 3.05) is 19.0 Å². The summed E-state index contributed by atoms with van der Waals surface area (Å²) < 4.78 is 15.3. The van der Waals surface area contributed by atoms with Gasteiger partial charge in [-0.05, 0) is 43.4 Å². The minimum Gasteiger partial charge on any atom is -0.465 e. The minimum absolute atomic E-state index is 0.216. The van der Waals surface area contributed by atoms with E-state index in [9.17, 15) is 14.4 Å². The van der Waals surface area contributed by atoms with E-state index in [1.807, 2.05) is 0 Å². The standard InChI is InChI=1S/C22H22N2O6S/c1-28-22(27)18-13-7-4-2-3-5-10-16(13)31-20(18)24-17(25)11-29-21(26)14-8-6-9-15-19(14)23-12-30-15/h6,8-9,12H,2-5,7,10-11H2,1H3,(H,24,25). The second-order valence-corrected chi connectivity index (χ2v) is 8.35. The van der Waals surface area contributed by atoms with Gasteiger partial charge in [-0.15, -0.1) is 11.3 Å². The lowest BCUT2D eigenvalue weighted by Gasteiger charge is -2.11. The summed E-state index contributed by atoms with van der Waals surface area (Å²) in [6.07, 6.45) is 7.20. The Morgan fingerprint density at radius 3 is 2.74 bits per heavy atom. The summed E-state index contributed by atoms with van der Waals surface area (Å²) >= 11 is 1.39. The lowest BCUT2D eigenvalue weighted by Crippen LogP contribution is -2.22. The van der Waals surface area contributed by atoms with Crippen molar-refractivity contribution in [3.05, 3.63) is 46.2 Å². The molecule has 0 saturated carbocycles. The zero-order chi connectivity index (χ0) is 21.8. The maximum Gasteiger partial charge on any atom is 0.341 e. The number of amides is 1. The van der Waals surface area contributed by atoms with Gasteiger partial charge >= 0.3 is 11.9 Å². The Morgan fingerprint density at radius 2 is 1.94 bits per heavy atom. The summed E-state index contributed by atoms with van der Waals surface area (Å²) in [7, 11) is 1.33. The molecule has 2 aromatic heterocycles. The Hall–Kier alpha value is -3.20. The van der Waals surface area contributed by atoms with Crippen LogP contribution in [0.25, 0.3) is 11.1 Å². The molecule has 1 aliphatic carbocycles. The third-order valence-electron chi connectivity index (χ3n) is 5.23. The Labute approximate surface area is 182 Å². The average molecular weight is 442 g/mol. The molecule has 0 unspecified atom stereocenters. The van der Waals surface area contributed by atoms with Gasteiger partial charge in [0.2, 0.25) is 0 Å². The predicted molar refractivity (Wildman–Crippen MR) is 114 cm³/mol. The highest BCUT2D eigenvalue weighted by Crippen LogP contribution is 2.37. The smallest absolute Gasteiger partial charge is 0.341 e. The fourth-order valence-corrected chi connectivity index (χ4v) is 5.04. The van der Waals surface area contributed by atoms with Crippen LogP contribution in [0.2, 0.25) is 0 Å². The highest BCUT2D eigenvalue weighted by Gasteiger charge is 2.26. The number of methoxy groups -OCH3 is 1. The summed E-state index contributed by atoms with van der Waals surface area (Å²) in [5.41, 5.74) is 2.42. The van der Waals surface area contributed by atoms with Crippen LogP contribution < -0.4 is 5.32 Å². The van der Waals surface area contributed by atoms with Crippen molar-refractivity contribution in [1.82, 2.24) is 4.98 Å². The lowest BCUT2D eigenvalue weighted by molar-refractivity contribution is -0.119. The van der Waals surface area contributed by atoms with E-state index in [2.05, 4.69) is 10.3 Å². The molecule has 8 nitrogen and oxygen atoms in total. The van der Waals surface area contributed by atoms with Crippen molar-refractivity contribution in [3.63, 3.8) is 0 Å². The van der Waals surface area contributed by atoms with E-state index in [0.717, 1.165) is 49.0 Å². The molecule has 1 amide bonds. The van der Waals surface area contributed by atoms with Crippen LogP contribution >= 0.6 is 11.3 Å². The molecule has 0 aliphatic heterocycles. The maximum absolute atomic E-state index is 12.5. The topological polar surface area (TPSA) is 108 Å². The molecule has 162 valence electrons. The molecule has 0 spiro atoms. The van der Waals surface area contributed by atoms with Crippen LogP contribution in [0.5, 0.6) is 0 Å². The maximum atomic E-state index is 12.5. The predicted octanol–water partition coefficient (Wildman–Crippen LogP) is 4.13. The third-order valence-corrected chi connectivity index (χ3v) is 6.44. The molecular formula is C22H22N2O6S. The number of ether oxygens (including phenoxy) is 2. The van der Waals surface area contributed by atoms with Crippen molar-refractivity contribution in [2.24, 2.45) is 0 Å². The minimum atomic E-state index is -0.679. The Morgan fingerprint density at radius 1 is 1.13 bits per heavy atom. The molecule has 0 bridgehead atoms. The average Bonchev–Trinajstić information content (AvgIpc) is 3.36. The molecule has 3 aromatic rings. The zero-order valence-corrected chi connectivity index (χ0v) is 17.9. The number of carbonyl (C=O) groups is 3. The van der Waals surface area contributed by atoms with E-state index in [-0.39, 0.29) is 5.56 Å². The highest BCUT2D eigenvalue weighted by molar-refractivity contribution is 7.17. The number of carbonyl (C=O) groups excluding carboxylic acids is 3. The summed E-state index contributed by atoms with van der Waals surface area (Å²) in [6, 6.07) is 4.89. The quantitative estimate of drug-likeness (QED) is 0.592. The SMILES string of the molecule is COC(=O)c1c(NC(=O)COC(=O)c2cccc3ocnc23)sc2c1CCCCCC2. The summed E-state index contributed by atoms with van der Waals surface area (Å²) in [5, 5.41) is 3.17. The van der Waals surface area contributed by atoms with Crippen LogP contribution in [0.1, 0.15) is 56.8 Å². The number of esters is 2. The van der Waals surface area contributed by atoms with Crippen LogP contribution in [0.4, 0.5) is 5.00 Å². The van der Waals surface area contributed by atoms with Gasteiger partial charge in [-0.3, -0.25) is 4.79 Å². The van der Waals surface area contributed by atoms with E-state index in [1.165, 1.54) is 24.8 Å². The number of oxazole rings is 1. The fourth-order valence-electron chi connectivity index (χ4n) is 3.75. The Kier molecular flexibility index (Phi) is 6.31. The molecule has 1 N–H and O–H groups in total. The van der Waals surface area contributed by atoms with Gasteiger partial charge in [-0.2, -0.15) is 0 Å². The van der Waals surface area contributed by atoms with Gasteiger partial charge in [0.05, 0.1) is 18.2 Å². The van der Waals surface area contributed by atoms with Crippen molar-refractivity contribution < 1.29 is 28.3 Å². The first-order chi connectivity index (χ1) is 15.1. The zero-order valence-electron chi connectivity index (χ0n) is 17.1. The molecule has 1 aliphatic rings. The number of thiophene rings is 1. The number of anilines is 1. The first kappa shape index (κ1) is 21.0. The number of fused-ring (bicyclic) bond motifs is 2. The monoisotopic (exact) mass is 442 g/mol. The third kappa shape index (κ3) is 4.46. The number of rotatable bonds is 5. The van der Waals surface area contributed by atoms with Gasteiger partial charge in [0.15, 0.2) is 18.6 Å². The molecule has 4 rings (SSSR count). The fraction of sp³-hybridized carbons (Fsp3) is 0.364. The van der Waals surface area contributed by atoms with Gasteiger partial charge in [-0.1, -0.05) is 18.9 Å². The number of aromatic nitrogens is 1. The summed E-state index contributed by atoms with van der Waals surface area (Å²) in [4.78, 5) is 42.5. The molecule has 9 heteroatoms. The van der Waals surface area contributed by atoms with Crippen molar-refractivity contribution in [2.45, 2.75) is 38.5 Å². The molecule has 1 aromatic carbocycles. The first-order valence-electron chi connectivity index (χ1n) is 10.1. The van der Waals surface area contributed by atoms with Gasteiger partial charge in [-0.25, -0.2) is 14.6 Å². The van der Waals surface area contributed by atoms with Gasteiger partial charge in [0.25, 0.3) is 5.91 Å². The van der Waals surface area contributed by atoms with Crippen LogP contribution in [0.3, 0.4) is 0 Å². The van der Waals surface area contributed by atoms with Crippen molar-refractivity contribution in [1.29, 1.82) is 0 Å². The summed E-state index contributed by atoms with van der Waals surface area (Å²) in [6.45, 7) is -0.490. The Bertz CT molecular complexity index is 1130. The van der Waals surface area contributed by atoms with Gasteiger partial charge in [0.1, 0.15) is 10.5 Å². The lowest BCUT2D eigenvalue weighted by atomic mass is 9.96. The molecule has 2 heterocycles. The van der Waals surface area contributed by atoms with E-state index >= 15 is 0 Å². The number of hydrogen-bond donors (Lipinski definition) is 1. The van der Waals surface area contributed by atoms with Crippen molar-refractivity contribution in [3.8, 4) is 0 Å². The number of nitrogens with one attached hydrogen (secondary N) is 1. The largest absolute Gasteiger partial charge is 0.465 e. The van der Waals surface area contributed by atoms with Crippen molar-refractivity contribution >= 4 is 45.3 Å². The Balaban J connectivity index is 1.48. The number of aryl methyl sites for hydroxylation is 1. The number of para-hydroxylation sites is 1. The van der Waals surface area contributed by atoms with Crippen LogP contribution in [-0.4, -0.2) is 36.5 Å². The van der Waals surface area contributed by atoms with Crippen LogP contribution in [0.15, 0.2) is 29.0 Å². The number of nitrogens with zero attached hydrogens (tertiary/aromatic N) is 1. The molecule has 0 saturated heterocycles. The number of hydrogen-bond acceptors (Lipinski definition) is 8. The van der Waals surface area contributed by atoms with E-state index in [0.29, 0.717) is 21.7 Å². The van der Waals surface area contributed by atoms with E-state index in [1.54, 1.807) is 18.2 Å². The van der Waals surface area contributed by atoms with Gasteiger partial charge < -0.3 is 19.2 Å². The molecule has 31 heavy (non-hydrogen) atoms. The van der Waals surface area contributed by atoms with Crippen LogP contribution in [-0.2, 0) is 27.1 Å². The number of benzene rings is 1. The first-order valence-corrected chi connectivity index (χ1v) is 10.9. The second-order valence-electron chi connectivity index (χ2n) is 7.24. The summed E-state index contributed by atoms with van der Waals surface area (Å²) in [5.74, 6) is -1.68. The van der Waals surface area contributed by atoms with Gasteiger partial charge in [0, 0.05) is 4.88 Å². The van der Waals surface area contributed by atoms with E-state index in [4.69, 9.17) is 13.9 Å². The highest BCUT2D eigenvalue weighted by atomic mass is 32.1. The normalized spacial score (nSPS) is 13.7. The van der Waals surface area contributed by atoms with Crippen LogP contribution in [0, 0.1) is 0 Å². The molecule has 0 atom stereocenters. The molecule has 0 radical (unpaired) electrons. The molecular weight excluding hydrogens is 420 g/mol.